The maximum atomic E-state index is 13.5. The normalized spacial score (nSPS) is 34.6. The zero-order valence-electron chi connectivity index (χ0n) is 29.6. The van der Waals surface area contributed by atoms with Gasteiger partial charge in [-0.3, -0.25) is 4.90 Å². The van der Waals surface area contributed by atoms with E-state index >= 15 is 0 Å². The minimum absolute atomic E-state index is 0.0328. The average Bonchev–Trinajstić information content (AvgIpc) is 3.40. The Bertz CT molecular complexity index is 1560. The first-order chi connectivity index (χ1) is 22.1. The molecule has 0 radical (unpaired) electrons. The minimum atomic E-state index is -0.213. The van der Waals surface area contributed by atoms with Gasteiger partial charge in [-0.2, -0.15) is 0 Å². The van der Waals surface area contributed by atoms with Gasteiger partial charge in [0.2, 0.25) is 0 Å². The van der Waals surface area contributed by atoms with Crippen molar-refractivity contribution < 1.29 is 9.53 Å². The Kier molecular flexibility index (Phi) is 8.69. The molecule has 0 bridgehead atoms. The smallest absolute Gasteiger partial charge is 0.414 e. The molecule has 3 aromatic rings. The van der Waals surface area contributed by atoms with Crippen molar-refractivity contribution in [2.45, 2.75) is 118 Å². The number of anilines is 1. The second-order valence-corrected chi connectivity index (χ2v) is 17.3. The summed E-state index contributed by atoms with van der Waals surface area (Å²) in [5.74, 6) is 5.98. The first kappa shape index (κ1) is 32.0. The highest BCUT2D eigenvalue weighted by molar-refractivity contribution is 6.00. The number of benzene rings is 3. The van der Waals surface area contributed by atoms with Crippen molar-refractivity contribution in [1.29, 1.82) is 0 Å². The van der Waals surface area contributed by atoms with Crippen LogP contribution in [0.15, 0.2) is 54.6 Å². The SMILES string of the molecule is CC(C)CCC[C@@H](C)[C@H]1CC[C@H]2[C@@H]3CCC4C[C@@H](OC(=O)N(C)c5ccc6cc7ccccc7cc6c5)CC[C@]4(C)[C@H]3CC[C@]12C. The number of fused-ring (bicyclic) bond motifs is 7. The summed E-state index contributed by atoms with van der Waals surface area (Å²) in [5, 5.41) is 4.81. The molecule has 3 nitrogen and oxygen atoms in total. The van der Waals surface area contributed by atoms with Crippen LogP contribution in [0.3, 0.4) is 0 Å². The van der Waals surface area contributed by atoms with Crippen molar-refractivity contribution in [3.05, 3.63) is 54.6 Å². The van der Waals surface area contributed by atoms with Gasteiger partial charge in [-0.25, -0.2) is 4.79 Å². The van der Waals surface area contributed by atoms with E-state index in [2.05, 4.69) is 89.2 Å². The van der Waals surface area contributed by atoms with E-state index in [1.54, 1.807) is 4.90 Å². The molecule has 4 aliphatic rings. The fraction of sp³-hybridized carbons (Fsp3) is 0.651. The number of hydrogen-bond donors (Lipinski definition) is 0. The highest BCUT2D eigenvalue weighted by Crippen LogP contribution is 2.68. The van der Waals surface area contributed by atoms with Crippen LogP contribution < -0.4 is 4.90 Å². The zero-order chi connectivity index (χ0) is 32.2. The van der Waals surface area contributed by atoms with Gasteiger partial charge in [0.05, 0.1) is 0 Å². The molecule has 248 valence electrons. The number of rotatable bonds is 7. The van der Waals surface area contributed by atoms with Crippen molar-refractivity contribution in [3.63, 3.8) is 0 Å². The quantitative estimate of drug-likeness (QED) is 0.246. The Morgan fingerprint density at radius 3 is 2.26 bits per heavy atom. The van der Waals surface area contributed by atoms with Crippen LogP contribution in [0.5, 0.6) is 0 Å². The van der Waals surface area contributed by atoms with E-state index in [0.717, 1.165) is 59.4 Å². The number of carbonyl (C=O) groups excluding carboxylic acids is 1. The van der Waals surface area contributed by atoms with Gasteiger partial charge in [0.1, 0.15) is 6.10 Å². The lowest BCUT2D eigenvalue weighted by molar-refractivity contribution is -0.129. The fourth-order valence-corrected chi connectivity index (χ4v) is 11.8. The highest BCUT2D eigenvalue weighted by Gasteiger charge is 2.60. The van der Waals surface area contributed by atoms with Gasteiger partial charge in [-0.05, 0) is 156 Å². The van der Waals surface area contributed by atoms with Crippen LogP contribution in [0.25, 0.3) is 21.5 Å². The summed E-state index contributed by atoms with van der Waals surface area (Å²) in [6, 6.07) is 19.2. The van der Waals surface area contributed by atoms with Gasteiger partial charge in [0, 0.05) is 12.7 Å². The molecule has 3 aromatic carbocycles. The summed E-state index contributed by atoms with van der Waals surface area (Å²) in [7, 11) is 1.86. The van der Waals surface area contributed by atoms with E-state index < -0.39 is 0 Å². The Morgan fingerprint density at radius 1 is 0.804 bits per heavy atom. The molecule has 46 heavy (non-hydrogen) atoms. The molecule has 1 amide bonds. The van der Waals surface area contributed by atoms with Crippen molar-refractivity contribution in [2.24, 2.45) is 52.3 Å². The van der Waals surface area contributed by atoms with Gasteiger partial charge >= 0.3 is 6.09 Å². The van der Waals surface area contributed by atoms with Crippen LogP contribution in [0.4, 0.5) is 10.5 Å². The molecular formula is C43H59NO2. The van der Waals surface area contributed by atoms with Gasteiger partial charge in [0.25, 0.3) is 0 Å². The molecule has 0 saturated heterocycles. The Labute approximate surface area is 278 Å². The van der Waals surface area contributed by atoms with Gasteiger partial charge in [-0.15, -0.1) is 0 Å². The van der Waals surface area contributed by atoms with Crippen molar-refractivity contribution in [1.82, 2.24) is 0 Å². The molecule has 0 N–H and O–H groups in total. The third-order valence-corrected chi connectivity index (χ3v) is 14.4. The topological polar surface area (TPSA) is 29.5 Å². The zero-order valence-corrected chi connectivity index (χ0v) is 29.6. The number of carbonyl (C=O) groups is 1. The van der Waals surface area contributed by atoms with E-state index in [-0.39, 0.29) is 12.2 Å². The van der Waals surface area contributed by atoms with E-state index in [4.69, 9.17) is 4.74 Å². The fourth-order valence-electron chi connectivity index (χ4n) is 11.8. The molecule has 4 saturated carbocycles. The van der Waals surface area contributed by atoms with Crippen molar-refractivity contribution >= 4 is 33.3 Å². The largest absolute Gasteiger partial charge is 0.446 e. The van der Waals surface area contributed by atoms with E-state index in [1.165, 1.54) is 80.4 Å². The Hall–Kier alpha value is -2.55. The minimum Gasteiger partial charge on any atom is -0.446 e. The summed E-state index contributed by atoms with van der Waals surface area (Å²) in [5.41, 5.74) is 1.85. The molecular weight excluding hydrogens is 562 g/mol. The lowest BCUT2D eigenvalue weighted by Gasteiger charge is -2.61. The summed E-state index contributed by atoms with van der Waals surface area (Å²) in [6.45, 7) is 12.7. The van der Waals surface area contributed by atoms with Crippen LogP contribution >= 0.6 is 0 Å². The van der Waals surface area contributed by atoms with E-state index in [0.29, 0.717) is 16.7 Å². The van der Waals surface area contributed by atoms with Gasteiger partial charge in [0.15, 0.2) is 0 Å². The lowest BCUT2D eigenvalue weighted by Crippen LogP contribution is -2.54. The molecule has 0 spiro atoms. The van der Waals surface area contributed by atoms with Gasteiger partial charge < -0.3 is 4.74 Å². The van der Waals surface area contributed by atoms with Gasteiger partial charge in [-0.1, -0.05) is 84.2 Å². The summed E-state index contributed by atoms with van der Waals surface area (Å²) in [6.07, 6.45) is 15.8. The predicted molar refractivity (Wildman–Crippen MR) is 193 cm³/mol. The van der Waals surface area contributed by atoms with E-state index in [1.807, 2.05) is 7.05 Å². The average molecular weight is 622 g/mol. The molecule has 4 aliphatic carbocycles. The Morgan fingerprint density at radius 2 is 1.50 bits per heavy atom. The maximum Gasteiger partial charge on any atom is 0.414 e. The van der Waals surface area contributed by atoms with Crippen LogP contribution in [-0.2, 0) is 4.74 Å². The third kappa shape index (κ3) is 5.66. The molecule has 4 fully saturated rings. The van der Waals surface area contributed by atoms with Crippen LogP contribution in [0.2, 0.25) is 0 Å². The maximum absolute atomic E-state index is 13.5. The molecule has 0 aromatic heterocycles. The van der Waals surface area contributed by atoms with E-state index in [9.17, 15) is 4.79 Å². The monoisotopic (exact) mass is 621 g/mol. The molecule has 1 unspecified atom stereocenters. The van der Waals surface area contributed by atoms with Crippen LogP contribution in [0, 0.1) is 52.3 Å². The first-order valence-electron chi connectivity index (χ1n) is 18.9. The Balaban J connectivity index is 0.981. The van der Waals surface area contributed by atoms with Crippen LogP contribution in [-0.4, -0.2) is 19.2 Å². The molecule has 7 rings (SSSR count). The summed E-state index contributed by atoms with van der Waals surface area (Å²) in [4.78, 5) is 15.2. The van der Waals surface area contributed by atoms with Crippen molar-refractivity contribution in [3.8, 4) is 0 Å². The standard InChI is InChI=1S/C43H59NO2/c1-28(2)10-9-11-29(3)38-18-19-39-37-17-15-34-27-36(20-22-42(34,4)40(37)21-23-43(38,39)5)46-41(45)44(6)35-16-14-32-24-30-12-7-8-13-31(30)25-33(32)26-35/h7-8,12-14,16,24-26,28-29,34,36-40H,9-11,15,17-23,27H2,1-6H3/t29-,34?,36+,37+,38-,39+,40+,42+,43-/m1/s1. The lowest BCUT2D eigenvalue weighted by atomic mass is 9.44. The molecule has 9 atom stereocenters. The first-order valence-corrected chi connectivity index (χ1v) is 18.9. The van der Waals surface area contributed by atoms with Crippen LogP contribution in [0.1, 0.15) is 112 Å². The number of hydrogen-bond acceptors (Lipinski definition) is 2. The predicted octanol–water partition coefficient (Wildman–Crippen LogP) is 12.1. The highest BCUT2D eigenvalue weighted by atomic mass is 16.6. The molecule has 3 heteroatoms. The molecule has 0 heterocycles. The third-order valence-electron chi connectivity index (χ3n) is 14.4. The second-order valence-electron chi connectivity index (χ2n) is 17.3. The number of amides is 1. The number of ether oxygens (including phenoxy) is 1. The summed E-state index contributed by atoms with van der Waals surface area (Å²) < 4.78 is 6.28. The molecule has 0 aliphatic heterocycles. The second kappa shape index (κ2) is 12.5. The summed E-state index contributed by atoms with van der Waals surface area (Å²) >= 11 is 0. The van der Waals surface area contributed by atoms with Crippen molar-refractivity contribution in [2.75, 3.05) is 11.9 Å². The number of nitrogens with zero attached hydrogens (tertiary/aromatic N) is 1.